The van der Waals surface area contributed by atoms with Gasteiger partial charge < -0.3 is 19.7 Å². The van der Waals surface area contributed by atoms with E-state index in [2.05, 4.69) is 27.1 Å². The summed E-state index contributed by atoms with van der Waals surface area (Å²) >= 11 is 0. The van der Waals surface area contributed by atoms with Crippen LogP contribution in [0, 0.1) is 0 Å². The lowest BCUT2D eigenvalue weighted by molar-refractivity contribution is 0.0820. The molecule has 7 heteroatoms. The first-order chi connectivity index (χ1) is 11.2. The number of aromatic nitrogens is 4. The topological polar surface area (TPSA) is 87.3 Å². The molecule has 0 fully saturated rings. The van der Waals surface area contributed by atoms with E-state index < -0.39 is 6.10 Å². The number of nitrogens with zero attached hydrogens (tertiary/aromatic N) is 5. The number of aliphatic hydroxyl groups is 2. The van der Waals surface area contributed by atoms with Crippen molar-refractivity contribution in [3.05, 3.63) is 48.5 Å². The van der Waals surface area contributed by atoms with Crippen LogP contribution in [0.5, 0.6) is 0 Å². The number of hydrogen-bond donors (Lipinski definition) is 2. The third-order valence-electron chi connectivity index (χ3n) is 3.62. The first kappa shape index (κ1) is 15.4. The summed E-state index contributed by atoms with van der Waals surface area (Å²) in [6.07, 6.45) is 2.26. The van der Waals surface area contributed by atoms with Gasteiger partial charge in [-0.05, 0) is 5.56 Å². The second-order valence-electron chi connectivity index (χ2n) is 5.44. The molecule has 3 aromatic rings. The molecule has 120 valence electrons. The monoisotopic (exact) mass is 313 g/mol. The van der Waals surface area contributed by atoms with E-state index in [1.165, 1.54) is 11.9 Å². The molecule has 0 saturated heterocycles. The van der Waals surface area contributed by atoms with E-state index in [0.29, 0.717) is 17.7 Å². The quantitative estimate of drug-likeness (QED) is 0.700. The molecule has 0 bridgehead atoms. The molecule has 0 aliphatic heterocycles. The largest absolute Gasteiger partial charge is 0.394 e. The second kappa shape index (κ2) is 6.72. The maximum Gasteiger partial charge on any atom is 0.165 e. The van der Waals surface area contributed by atoms with Gasteiger partial charge in [0.05, 0.1) is 25.6 Å². The molecule has 0 unspecified atom stereocenters. The number of benzene rings is 1. The van der Waals surface area contributed by atoms with Gasteiger partial charge >= 0.3 is 0 Å². The van der Waals surface area contributed by atoms with Crippen LogP contribution in [0.1, 0.15) is 5.56 Å². The molecule has 0 saturated carbocycles. The summed E-state index contributed by atoms with van der Waals surface area (Å²) < 4.78 is 1.72. The van der Waals surface area contributed by atoms with Gasteiger partial charge in [-0.15, -0.1) is 0 Å². The van der Waals surface area contributed by atoms with Gasteiger partial charge in [0.15, 0.2) is 17.0 Å². The number of imidazole rings is 1. The van der Waals surface area contributed by atoms with E-state index in [0.717, 1.165) is 5.82 Å². The van der Waals surface area contributed by atoms with E-state index >= 15 is 0 Å². The van der Waals surface area contributed by atoms with Crippen molar-refractivity contribution in [2.45, 2.75) is 19.2 Å². The van der Waals surface area contributed by atoms with Crippen LogP contribution in [0.15, 0.2) is 43.0 Å². The molecular formula is C16H19N5O2. The van der Waals surface area contributed by atoms with Crippen molar-refractivity contribution in [1.29, 1.82) is 0 Å². The molecule has 0 aliphatic rings. The summed E-state index contributed by atoms with van der Waals surface area (Å²) in [5, 5.41) is 18.6. The highest BCUT2D eigenvalue weighted by molar-refractivity contribution is 5.83. The average Bonchev–Trinajstić information content (AvgIpc) is 2.98. The van der Waals surface area contributed by atoms with Gasteiger partial charge in [-0.3, -0.25) is 0 Å². The molecule has 23 heavy (non-hydrogen) atoms. The van der Waals surface area contributed by atoms with E-state index in [1.807, 2.05) is 30.1 Å². The molecular weight excluding hydrogens is 294 g/mol. The van der Waals surface area contributed by atoms with Crippen molar-refractivity contribution < 1.29 is 10.2 Å². The zero-order valence-electron chi connectivity index (χ0n) is 12.9. The number of fused-ring (bicyclic) bond motifs is 1. The molecule has 0 aliphatic carbocycles. The van der Waals surface area contributed by atoms with Crippen molar-refractivity contribution in [1.82, 2.24) is 19.5 Å². The van der Waals surface area contributed by atoms with Gasteiger partial charge in [0.2, 0.25) is 0 Å². The first-order valence-electron chi connectivity index (χ1n) is 7.39. The normalized spacial score (nSPS) is 12.5. The third kappa shape index (κ3) is 3.30. The van der Waals surface area contributed by atoms with Crippen molar-refractivity contribution in [3.8, 4) is 0 Å². The molecule has 2 heterocycles. The molecule has 0 amide bonds. The summed E-state index contributed by atoms with van der Waals surface area (Å²) in [5.41, 5.74) is 2.50. The van der Waals surface area contributed by atoms with Crippen LogP contribution in [-0.2, 0) is 13.1 Å². The Balaban J connectivity index is 1.89. The summed E-state index contributed by atoms with van der Waals surface area (Å²) in [5.74, 6) is 0.732. The summed E-state index contributed by atoms with van der Waals surface area (Å²) in [4.78, 5) is 15.0. The Morgan fingerprint density at radius 1 is 1.17 bits per heavy atom. The lowest BCUT2D eigenvalue weighted by Crippen LogP contribution is -2.20. The smallest absolute Gasteiger partial charge is 0.165 e. The van der Waals surface area contributed by atoms with Crippen molar-refractivity contribution >= 4 is 17.0 Å². The predicted octanol–water partition coefficient (Wildman–Crippen LogP) is 0.816. The van der Waals surface area contributed by atoms with Crippen molar-refractivity contribution in [2.24, 2.45) is 0 Å². The van der Waals surface area contributed by atoms with Gasteiger partial charge in [-0.25, -0.2) is 15.0 Å². The lowest BCUT2D eigenvalue weighted by atomic mass is 10.2. The lowest BCUT2D eigenvalue weighted by Gasteiger charge is -2.18. The van der Waals surface area contributed by atoms with Gasteiger partial charge in [-0.2, -0.15) is 0 Å². The zero-order chi connectivity index (χ0) is 16.2. The predicted molar refractivity (Wildman–Crippen MR) is 87.0 cm³/mol. The number of anilines is 1. The molecule has 0 radical (unpaired) electrons. The van der Waals surface area contributed by atoms with Gasteiger partial charge in [0.25, 0.3) is 0 Å². The Labute approximate surface area is 133 Å². The third-order valence-corrected chi connectivity index (χ3v) is 3.62. The minimum atomic E-state index is -0.840. The number of hydrogen-bond acceptors (Lipinski definition) is 6. The van der Waals surface area contributed by atoms with E-state index in [9.17, 15) is 5.11 Å². The van der Waals surface area contributed by atoms with Crippen LogP contribution in [0.4, 0.5) is 5.82 Å². The fourth-order valence-electron chi connectivity index (χ4n) is 2.50. The van der Waals surface area contributed by atoms with E-state index in [1.54, 1.807) is 10.9 Å². The highest BCUT2D eigenvalue weighted by atomic mass is 16.3. The van der Waals surface area contributed by atoms with Crippen LogP contribution in [0.3, 0.4) is 0 Å². The highest BCUT2D eigenvalue weighted by Gasteiger charge is 2.15. The summed E-state index contributed by atoms with van der Waals surface area (Å²) in [7, 11) is 1.95. The fourth-order valence-corrected chi connectivity index (χ4v) is 2.50. The van der Waals surface area contributed by atoms with Crippen molar-refractivity contribution in [2.75, 3.05) is 18.6 Å². The number of rotatable bonds is 6. The van der Waals surface area contributed by atoms with Crippen LogP contribution in [0.25, 0.3) is 11.2 Å². The van der Waals surface area contributed by atoms with Crippen molar-refractivity contribution in [3.63, 3.8) is 0 Å². The van der Waals surface area contributed by atoms with Crippen LogP contribution in [0.2, 0.25) is 0 Å². The maximum absolute atomic E-state index is 9.61. The molecule has 7 nitrogen and oxygen atoms in total. The molecule has 2 aromatic heterocycles. The minimum Gasteiger partial charge on any atom is -0.394 e. The van der Waals surface area contributed by atoms with Gasteiger partial charge in [0.1, 0.15) is 6.33 Å². The maximum atomic E-state index is 9.61. The molecule has 3 rings (SSSR count). The van der Waals surface area contributed by atoms with E-state index in [4.69, 9.17) is 5.11 Å². The Bertz CT molecular complexity index is 774. The van der Waals surface area contributed by atoms with Gasteiger partial charge in [-0.1, -0.05) is 30.3 Å². The Hall–Kier alpha value is -2.51. The summed E-state index contributed by atoms with van der Waals surface area (Å²) in [6, 6.07) is 10.1. The Kier molecular flexibility index (Phi) is 4.50. The molecule has 0 spiro atoms. The van der Waals surface area contributed by atoms with Crippen LogP contribution < -0.4 is 4.90 Å². The first-order valence-corrected chi connectivity index (χ1v) is 7.39. The SMILES string of the molecule is CN(Cc1ccccc1)c1ncnc2c1ncn2C[C@H](O)CO. The molecule has 2 N–H and O–H groups in total. The minimum absolute atomic E-state index is 0.242. The van der Waals surface area contributed by atoms with Crippen LogP contribution in [-0.4, -0.2) is 49.5 Å². The zero-order valence-corrected chi connectivity index (χ0v) is 12.9. The fraction of sp³-hybridized carbons (Fsp3) is 0.312. The number of aliphatic hydroxyl groups excluding tert-OH is 2. The van der Waals surface area contributed by atoms with Gasteiger partial charge in [0, 0.05) is 13.6 Å². The average molecular weight is 313 g/mol. The molecule has 1 aromatic carbocycles. The second-order valence-corrected chi connectivity index (χ2v) is 5.44. The summed E-state index contributed by atoms with van der Waals surface area (Å²) in [6.45, 7) is 0.649. The Morgan fingerprint density at radius 2 is 1.96 bits per heavy atom. The standard InChI is InChI=1S/C16H19N5O2/c1-20(7-12-5-3-2-4-6-12)15-14-16(18-10-17-15)21(11-19-14)8-13(23)9-22/h2-6,10-11,13,22-23H,7-9H2,1H3/t13-/m0/s1. The van der Waals surface area contributed by atoms with E-state index in [-0.39, 0.29) is 13.2 Å². The Morgan fingerprint density at radius 3 is 2.70 bits per heavy atom. The van der Waals surface area contributed by atoms with Crippen LogP contribution >= 0.6 is 0 Å². The highest BCUT2D eigenvalue weighted by Crippen LogP contribution is 2.22. The molecule has 1 atom stereocenters.